The second kappa shape index (κ2) is 14.7. The number of anilines is 2. The molecule has 1 unspecified atom stereocenters. The van der Waals surface area contributed by atoms with Crippen molar-refractivity contribution >= 4 is 28.7 Å². The fraction of sp³-hybridized carbons (Fsp3) is 0.172. The van der Waals surface area contributed by atoms with E-state index in [1.54, 1.807) is 0 Å². The normalized spacial score (nSPS) is 19.3. The predicted octanol–water partition coefficient (Wildman–Crippen LogP) is 13.2. The summed E-state index contributed by atoms with van der Waals surface area (Å²) < 4.78 is 0. The Morgan fingerprint density at radius 3 is 2.22 bits per heavy atom. The Bertz CT molecular complexity index is 2890. The summed E-state index contributed by atoms with van der Waals surface area (Å²) in [5.41, 5.74) is 19.6. The van der Waals surface area contributed by atoms with Gasteiger partial charge in [-0.1, -0.05) is 178 Å². The van der Waals surface area contributed by atoms with E-state index >= 15 is 0 Å². The molecule has 1 nitrogen and oxygen atoms in total. The summed E-state index contributed by atoms with van der Waals surface area (Å²) in [6.07, 6.45) is 21.1. The van der Waals surface area contributed by atoms with E-state index in [1.165, 1.54) is 72.0 Å². The van der Waals surface area contributed by atoms with Crippen molar-refractivity contribution in [3.8, 4) is 11.1 Å². The van der Waals surface area contributed by atoms with Gasteiger partial charge in [0.25, 0.3) is 0 Å². The van der Waals surface area contributed by atoms with E-state index in [2.05, 4.69) is 208 Å². The lowest BCUT2D eigenvalue weighted by Gasteiger charge is -2.45. The minimum atomic E-state index is -0.369. The third-order valence-electron chi connectivity index (χ3n) is 13.6. The van der Waals surface area contributed by atoms with Crippen molar-refractivity contribution in [2.24, 2.45) is 0 Å². The van der Waals surface area contributed by atoms with Crippen molar-refractivity contribution < 1.29 is 0 Å². The average Bonchev–Trinajstić information content (AvgIpc) is 3.53. The third kappa shape index (κ3) is 5.82. The Balaban J connectivity index is 1.15. The predicted molar refractivity (Wildman–Crippen MR) is 250 cm³/mol. The SMILES string of the molecule is C=C/C(=c1/cccc/c1=C/C)N(c1ccc(-c2cccc3c2Cc2ccccc2C3(C2=CC=CCC2)c2ccccc2)cc1)c1ccc2c(c1)C(C)(C)C1=C2CCC=C1. The standard InChI is InChI=1S/C58H51N/c1-5-40-20-13-15-26-48(40)56(6-2)59(46-36-37-50-49-27-16-18-30-53(49)57(3,4)55(50)39-46)45-34-32-41(33-35-45)47-28-19-31-54-51(47)38-42-21-14-17-29-52(42)58(54,43-22-9-7-10-23-43)44-24-11-8-12-25-44/h5-11,13-15,17-24,26,28-37,39H,2,12,16,25,27,38H2,1,3-4H3/b40-5-,56-48+. The molecule has 288 valence electrons. The van der Waals surface area contributed by atoms with Crippen molar-refractivity contribution in [2.75, 3.05) is 4.90 Å². The van der Waals surface area contributed by atoms with Gasteiger partial charge in [-0.25, -0.2) is 0 Å². The number of hydrogen-bond acceptors (Lipinski definition) is 1. The summed E-state index contributed by atoms with van der Waals surface area (Å²) in [7, 11) is 0. The Labute approximate surface area is 350 Å². The zero-order chi connectivity index (χ0) is 40.1. The first-order valence-electron chi connectivity index (χ1n) is 21.4. The van der Waals surface area contributed by atoms with Gasteiger partial charge in [0.2, 0.25) is 0 Å². The Hall–Kier alpha value is -6.44. The lowest BCUT2D eigenvalue weighted by Crippen LogP contribution is -2.37. The van der Waals surface area contributed by atoms with E-state index in [9.17, 15) is 0 Å². The number of benzene rings is 6. The first kappa shape index (κ1) is 36.9. The molecule has 0 heterocycles. The molecule has 0 amide bonds. The molecule has 0 bridgehead atoms. The van der Waals surface area contributed by atoms with Gasteiger partial charge >= 0.3 is 0 Å². The molecule has 10 rings (SSSR count). The number of fused-ring (bicyclic) bond motifs is 4. The van der Waals surface area contributed by atoms with Crippen molar-refractivity contribution in [1.82, 2.24) is 0 Å². The number of rotatable bonds is 7. The molecular weight excluding hydrogens is 711 g/mol. The molecule has 0 radical (unpaired) electrons. The van der Waals surface area contributed by atoms with Crippen molar-refractivity contribution in [3.05, 3.63) is 243 Å². The molecule has 0 fully saturated rings. The molecule has 4 aliphatic rings. The van der Waals surface area contributed by atoms with Crippen LogP contribution in [0.4, 0.5) is 11.4 Å². The highest BCUT2D eigenvalue weighted by molar-refractivity contribution is 5.90. The van der Waals surface area contributed by atoms with Crippen LogP contribution in [-0.2, 0) is 17.3 Å². The average molecular weight is 762 g/mol. The van der Waals surface area contributed by atoms with Crippen LogP contribution in [0.25, 0.3) is 28.5 Å². The minimum Gasteiger partial charge on any atom is -0.310 e. The highest BCUT2D eigenvalue weighted by Gasteiger charge is 2.45. The molecule has 59 heavy (non-hydrogen) atoms. The van der Waals surface area contributed by atoms with Gasteiger partial charge in [0.15, 0.2) is 0 Å². The molecule has 1 heteroatoms. The maximum Gasteiger partial charge on any atom is 0.0670 e. The molecule has 6 aromatic rings. The molecule has 0 N–H and O–H groups in total. The summed E-state index contributed by atoms with van der Waals surface area (Å²) in [6.45, 7) is 11.3. The third-order valence-corrected chi connectivity index (χ3v) is 13.6. The lowest BCUT2D eigenvalue weighted by atomic mass is 9.57. The van der Waals surface area contributed by atoms with E-state index in [1.807, 2.05) is 6.08 Å². The second-order valence-electron chi connectivity index (χ2n) is 17.0. The van der Waals surface area contributed by atoms with E-state index in [4.69, 9.17) is 0 Å². The van der Waals surface area contributed by atoms with Gasteiger partial charge in [-0.3, -0.25) is 0 Å². The van der Waals surface area contributed by atoms with Gasteiger partial charge in [-0.15, -0.1) is 0 Å². The minimum absolute atomic E-state index is 0.0689. The molecule has 0 spiro atoms. The Kier molecular flexibility index (Phi) is 9.21. The quantitative estimate of drug-likeness (QED) is 0.157. The zero-order valence-electron chi connectivity index (χ0n) is 34.5. The topological polar surface area (TPSA) is 3.24 Å². The maximum atomic E-state index is 4.43. The summed E-state index contributed by atoms with van der Waals surface area (Å²) in [5.74, 6) is 0. The second-order valence-corrected chi connectivity index (χ2v) is 17.0. The Morgan fingerprint density at radius 1 is 0.678 bits per heavy atom. The Morgan fingerprint density at radius 2 is 1.42 bits per heavy atom. The van der Waals surface area contributed by atoms with E-state index in [0.717, 1.165) is 54.4 Å². The van der Waals surface area contributed by atoms with Crippen LogP contribution in [0.15, 0.2) is 194 Å². The van der Waals surface area contributed by atoms with Crippen molar-refractivity contribution in [3.63, 3.8) is 0 Å². The summed E-state index contributed by atoms with van der Waals surface area (Å²) in [6, 6.07) is 52.6. The lowest BCUT2D eigenvalue weighted by molar-refractivity contribution is 0.649. The highest BCUT2D eigenvalue weighted by Crippen LogP contribution is 2.55. The van der Waals surface area contributed by atoms with Crippen LogP contribution in [0.5, 0.6) is 0 Å². The molecule has 1 atom stereocenters. The molecule has 6 aromatic carbocycles. The summed E-state index contributed by atoms with van der Waals surface area (Å²) >= 11 is 0. The van der Waals surface area contributed by atoms with Crippen molar-refractivity contribution in [1.29, 1.82) is 0 Å². The van der Waals surface area contributed by atoms with Gasteiger partial charge in [-0.2, -0.15) is 0 Å². The zero-order valence-corrected chi connectivity index (χ0v) is 34.5. The van der Waals surface area contributed by atoms with Crippen LogP contribution >= 0.6 is 0 Å². The largest absolute Gasteiger partial charge is 0.310 e. The fourth-order valence-electron chi connectivity index (χ4n) is 10.9. The van der Waals surface area contributed by atoms with Gasteiger partial charge in [0.05, 0.1) is 11.1 Å². The van der Waals surface area contributed by atoms with Crippen LogP contribution < -0.4 is 15.3 Å². The number of hydrogen-bond donors (Lipinski definition) is 0. The molecule has 0 saturated carbocycles. The number of allylic oxidation sites excluding steroid dienone is 8. The smallest absolute Gasteiger partial charge is 0.0670 e. The van der Waals surface area contributed by atoms with Crippen LogP contribution in [0.3, 0.4) is 0 Å². The highest BCUT2D eigenvalue weighted by atomic mass is 15.1. The van der Waals surface area contributed by atoms with Crippen LogP contribution in [0.1, 0.15) is 85.4 Å². The maximum absolute atomic E-state index is 4.43. The molecule has 0 aliphatic heterocycles. The summed E-state index contributed by atoms with van der Waals surface area (Å²) in [5, 5.41) is 2.35. The molecular formula is C58H51N. The monoisotopic (exact) mass is 761 g/mol. The van der Waals surface area contributed by atoms with Crippen LogP contribution in [-0.4, -0.2) is 0 Å². The van der Waals surface area contributed by atoms with Gasteiger partial charge in [0, 0.05) is 22.0 Å². The van der Waals surface area contributed by atoms with Gasteiger partial charge in [0.1, 0.15) is 0 Å². The van der Waals surface area contributed by atoms with Crippen molar-refractivity contribution in [2.45, 2.75) is 63.7 Å². The van der Waals surface area contributed by atoms with Gasteiger partial charge < -0.3 is 4.90 Å². The molecule has 4 aliphatic carbocycles. The van der Waals surface area contributed by atoms with E-state index in [-0.39, 0.29) is 10.8 Å². The molecule has 0 saturated heterocycles. The first-order valence-corrected chi connectivity index (χ1v) is 21.4. The fourth-order valence-corrected chi connectivity index (χ4v) is 10.9. The van der Waals surface area contributed by atoms with Crippen LogP contribution in [0.2, 0.25) is 0 Å². The number of nitrogens with zero attached hydrogens (tertiary/aromatic N) is 1. The van der Waals surface area contributed by atoms with E-state index in [0.29, 0.717) is 0 Å². The van der Waals surface area contributed by atoms with E-state index < -0.39 is 0 Å². The molecule has 0 aromatic heterocycles. The summed E-state index contributed by atoms with van der Waals surface area (Å²) in [4.78, 5) is 2.42. The first-order chi connectivity index (χ1) is 28.9. The van der Waals surface area contributed by atoms with Gasteiger partial charge in [-0.05, 0) is 136 Å². The van der Waals surface area contributed by atoms with Crippen LogP contribution in [0, 0.1) is 0 Å².